The highest BCUT2D eigenvalue weighted by atomic mass is 35.5. The molecule has 0 spiro atoms. The fraction of sp³-hybridized carbons (Fsp3) is 0.923. The number of carbonyl (C=O) groups is 1. The number of hydrogen-bond acceptors (Lipinski definition) is 2. The van der Waals surface area contributed by atoms with Crippen molar-refractivity contribution in [1.29, 1.82) is 0 Å². The molecule has 2 saturated heterocycles. The molecule has 0 aliphatic carbocycles. The van der Waals surface area contributed by atoms with Crippen LogP contribution >= 0.6 is 11.6 Å². The standard InChI is InChI=1S/C13H23ClN2O/c1-2-12(14)13(17)16-9-5-11(6-10-16)15-7-3-4-8-15/h11-12H,2-10H2,1H3. The number of halogens is 1. The Morgan fingerprint density at radius 3 is 2.35 bits per heavy atom. The van der Waals surface area contributed by atoms with Crippen molar-refractivity contribution in [1.82, 2.24) is 9.80 Å². The van der Waals surface area contributed by atoms with E-state index in [2.05, 4.69) is 4.90 Å². The van der Waals surface area contributed by atoms with Crippen LogP contribution in [-0.2, 0) is 4.79 Å². The van der Waals surface area contributed by atoms with Gasteiger partial charge in [-0.25, -0.2) is 0 Å². The summed E-state index contributed by atoms with van der Waals surface area (Å²) in [5.41, 5.74) is 0. The molecule has 2 aliphatic heterocycles. The molecular formula is C13H23ClN2O. The third-order valence-corrected chi connectivity index (χ3v) is 4.55. The number of nitrogens with zero attached hydrogens (tertiary/aromatic N) is 2. The van der Waals surface area contributed by atoms with Crippen LogP contribution < -0.4 is 0 Å². The average Bonchev–Trinajstić information content (AvgIpc) is 2.91. The van der Waals surface area contributed by atoms with Crippen LogP contribution in [-0.4, -0.2) is 53.3 Å². The lowest BCUT2D eigenvalue weighted by molar-refractivity contribution is -0.132. The molecule has 0 aromatic heterocycles. The fourth-order valence-corrected chi connectivity index (χ4v) is 3.07. The predicted molar refractivity (Wildman–Crippen MR) is 70.3 cm³/mol. The summed E-state index contributed by atoms with van der Waals surface area (Å²) in [6.45, 7) is 6.26. The topological polar surface area (TPSA) is 23.6 Å². The molecule has 0 aromatic rings. The van der Waals surface area contributed by atoms with Gasteiger partial charge in [0.15, 0.2) is 0 Å². The van der Waals surface area contributed by atoms with Crippen molar-refractivity contribution in [3.8, 4) is 0 Å². The molecule has 3 nitrogen and oxygen atoms in total. The van der Waals surface area contributed by atoms with E-state index < -0.39 is 0 Å². The van der Waals surface area contributed by atoms with Gasteiger partial charge in [-0.2, -0.15) is 0 Å². The molecule has 1 atom stereocenters. The minimum absolute atomic E-state index is 0.133. The van der Waals surface area contributed by atoms with E-state index in [1.165, 1.54) is 25.9 Å². The van der Waals surface area contributed by atoms with Crippen LogP contribution in [0, 0.1) is 0 Å². The second kappa shape index (κ2) is 6.05. The van der Waals surface area contributed by atoms with E-state index in [1.54, 1.807) is 0 Å². The Bertz CT molecular complexity index is 258. The van der Waals surface area contributed by atoms with Crippen LogP contribution in [0.5, 0.6) is 0 Å². The van der Waals surface area contributed by atoms with Gasteiger partial charge < -0.3 is 9.80 Å². The maximum atomic E-state index is 11.9. The summed E-state index contributed by atoms with van der Waals surface area (Å²) in [6, 6.07) is 0.706. The van der Waals surface area contributed by atoms with Crippen molar-refractivity contribution < 1.29 is 4.79 Å². The third kappa shape index (κ3) is 3.14. The van der Waals surface area contributed by atoms with E-state index in [1.807, 2.05) is 11.8 Å². The molecule has 0 bridgehead atoms. The molecular weight excluding hydrogens is 236 g/mol. The number of alkyl halides is 1. The summed E-state index contributed by atoms with van der Waals surface area (Å²) in [7, 11) is 0. The molecule has 2 rings (SSSR count). The van der Waals surface area contributed by atoms with Crippen LogP contribution in [0.25, 0.3) is 0 Å². The fourth-order valence-electron chi connectivity index (χ4n) is 2.93. The van der Waals surface area contributed by atoms with Gasteiger partial charge in [0.05, 0.1) is 0 Å². The second-order valence-electron chi connectivity index (χ2n) is 5.18. The number of hydrogen-bond donors (Lipinski definition) is 0. The molecule has 17 heavy (non-hydrogen) atoms. The largest absolute Gasteiger partial charge is 0.341 e. The first kappa shape index (κ1) is 13.2. The summed E-state index contributed by atoms with van der Waals surface area (Å²) >= 11 is 6.01. The van der Waals surface area contributed by atoms with Gasteiger partial charge in [0.25, 0.3) is 0 Å². The molecule has 2 aliphatic rings. The first-order valence-electron chi connectivity index (χ1n) is 6.89. The van der Waals surface area contributed by atoms with Crippen molar-refractivity contribution in [2.24, 2.45) is 0 Å². The van der Waals surface area contributed by atoms with Gasteiger partial charge in [0, 0.05) is 19.1 Å². The maximum absolute atomic E-state index is 11.9. The minimum atomic E-state index is -0.321. The molecule has 1 amide bonds. The monoisotopic (exact) mass is 258 g/mol. The highest BCUT2D eigenvalue weighted by Gasteiger charge is 2.29. The second-order valence-corrected chi connectivity index (χ2v) is 5.70. The molecule has 2 heterocycles. The first-order chi connectivity index (χ1) is 8.22. The van der Waals surface area contributed by atoms with Crippen molar-refractivity contribution in [3.63, 3.8) is 0 Å². The zero-order chi connectivity index (χ0) is 12.3. The van der Waals surface area contributed by atoms with Crippen LogP contribution in [0.15, 0.2) is 0 Å². The zero-order valence-corrected chi connectivity index (χ0v) is 11.5. The van der Waals surface area contributed by atoms with Gasteiger partial charge in [0.2, 0.25) is 5.91 Å². The smallest absolute Gasteiger partial charge is 0.240 e. The molecule has 1 unspecified atom stereocenters. The molecule has 0 aromatic carbocycles. The van der Waals surface area contributed by atoms with Crippen LogP contribution in [0.3, 0.4) is 0 Å². The lowest BCUT2D eigenvalue weighted by Gasteiger charge is -2.37. The van der Waals surface area contributed by atoms with E-state index in [4.69, 9.17) is 11.6 Å². The Morgan fingerprint density at radius 1 is 1.24 bits per heavy atom. The van der Waals surface area contributed by atoms with Gasteiger partial charge in [0.1, 0.15) is 5.38 Å². The molecule has 4 heteroatoms. The minimum Gasteiger partial charge on any atom is -0.341 e. The molecule has 98 valence electrons. The molecule has 0 saturated carbocycles. The van der Waals surface area contributed by atoms with E-state index >= 15 is 0 Å². The molecule has 0 N–H and O–H groups in total. The summed E-state index contributed by atoms with van der Waals surface area (Å²) < 4.78 is 0. The number of likely N-dealkylation sites (tertiary alicyclic amines) is 2. The Hall–Kier alpha value is -0.280. The van der Waals surface area contributed by atoms with Gasteiger partial charge in [-0.15, -0.1) is 11.6 Å². The Morgan fingerprint density at radius 2 is 1.82 bits per heavy atom. The maximum Gasteiger partial charge on any atom is 0.240 e. The SMILES string of the molecule is CCC(Cl)C(=O)N1CCC(N2CCCC2)CC1. The quantitative estimate of drug-likeness (QED) is 0.724. The Balaban J connectivity index is 1.79. The number of piperidine rings is 1. The van der Waals surface area contributed by atoms with E-state index in [0.29, 0.717) is 6.04 Å². The van der Waals surface area contributed by atoms with E-state index in [-0.39, 0.29) is 11.3 Å². The van der Waals surface area contributed by atoms with Crippen molar-refractivity contribution >= 4 is 17.5 Å². The summed E-state index contributed by atoms with van der Waals surface area (Å²) in [6.07, 6.45) is 5.67. The molecule has 0 radical (unpaired) electrons. The summed E-state index contributed by atoms with van der Waals surface area (Å²) in [5.74, 6) is 0.133. The van der Waals surface area contributed by atoms with Crippen molar-refractivity contribution in [2.45, 2.75) is 50.4 Å². The van der Waals surface area contributed by atoms with Crippen LogP contribution in [0.1, 0.15) is 39.0 Å². The van der Waals surface area contributed by atoms with Crippen molar-refractivity contribution in [3.05, 3.63) is 0 Å². The van der Waals surface area contributed by atoms with Crippen molar-refractivity contribution in [2.75, 3.05) is 26.2 Å². The van der Waals surface area contributed by atoms with Crippen LogP contribution in [0.4, 0.5) is 0 Å². The summed E-state index contributed by atoms with van der Waals surface area (Å²) in [4.78, 5) is 16.5. The lowest BCUT2D eigenvalue weighted by atomic mass is 10.0. The van der Waals surface area contributed by atoms with Crippen LogP contribution in [0.2, 0.25) is 0 Å². The summed E-state index contributed by atoms with van der Waals surface area (Å²) in [5, 5.41) is -0.321. The van der Waals surface area contributed by atoms with Gasteiger partial charge in [-0.3, -0.25) is 4.79 Å². The average molecular weight is 259 g/mol. The zero-order valence-electron chi connectivity index (χ0n) is 10.7. The highest BCUT2D eigenvalue weighted by molar-refractivity contribution is 6.30. The Labute approximate surface area is 109 Å². The lowest BCUT2D eigenvalue weighted by Crippen LogP contribution is -2.47. The molecule has 2 fully saturated rings. The van der Waals surface area contributed by atoms with Gasteiger partial charge in [-0.1, -0.05) is 6.92 Å². The van der Waals surface area contributed by atoms with E-state index in [0.717, 1.165) is 32.4 Å². The normalized spacial score (nSPS) is 25.2. The number of amides is 1. The van der Waals surface area contributed by atoms with Gasteiger partial charge in [-0.05, 0) is 45.2 Å². The number of carbonyl (C=O) groups excluding carboxylic acids is 1. The number of rotatable bonds is 3. The predicted octanol–water partition coefficient (Wildman–Crippen LogP) is 2.09. The highest BCUT2D eigenvalue weighted by Crippen LogP contribution is 2.22. The first-order valence-corrected chi connectivity index (χ1v) is 7.33. The van der Waals surface area contributed by atoms with E-state index in [9.17, 15) is 4.79 Å². The van der Waals surface area contributed by atoms with Gasteiger partial charge >= 0.3 is 0 Å². The Kier molecular flexibility index (Phi) is 4.69. The third-order valence-electron chi connectivity index (χ3n) is 4.06.